The maximum Gasteiger partial charge on any atom is 0.407 e. The third-order valence-electron chi connectivity index (χ3n) is 6.32. The molecule has 1 aliphatic carbocycles. The van der Waals surface area contributed by atoms with Crippen LogP contribution in [0.1, 0.15) is 37.3 Å². The van der Waals surface area contributed by atoms with Crippen LogP contribution in [0.3, 0.4) is 0 Å². The summed E-state index contributed by atoms with van der Waals surface area (Å²) in [6.07, 6.45) is -0.106. The zero-order chi connectivity index (χ0) is 22.8. The van der Waals surface area contributed by atoms with Gasteiger partial charge in [-0.3, -0.25) is 4.79 Å². The van der Waals surface area contributed by atoms with Crippen LogP contribution in [0.25, 0.3) is 11.1 Å². The molecule has 1 saturated heterocycles. The number of alkyl carbamates (subject to hydrolysis) is 1. The molecule has 0 aromatic heterocycles. The van der Waals surface area contributed by atoms with E-state index in [-0.39, 0.29) is 24.3 Å². The van der Waals surface area contributed by atoms with E-state index in [1.54, 1.807) is 6.92 Å². The van der Waals surface area contributed by atoms with Crippen molar-refractivity contribution in [3.05, 3.63) is 59.7 Å². The molecule has 168 valence electrons. The normalized spacial score (nSPS) is 20.3. The van der Waals surface area contributed by atoms with E-state index in [9.17, 15) is 14.4 Å². The molecule has 3 atom stereocenters. The number of hydrogen-bond donors (Lipinski definition) is 1. The number of amides is 2. The van der Waals surface area contributed by atoms with Crippen molar-refractivity contribution >= 4 is 18.0 Å². The topological polar surface area (TPSA) is 84.9 Å². The van der Waals surface area contributed by atoms with Crippen LogP contribution < -0.4 is 5.32 Å². The number of hydrogen-bond acceptors (Lipinski definition) is 5. The number of ether oxygens (including phenoxy) is 2. The summed E-state index contributed by atoms with van der Waals surface area (Å²) in [5.74, 6) is -0.624. The first-order valence-electron chi connectivity index (χ1n) is 10.9. The van der Waals surface area contributed by atoms with E-state index in [1.807, 2.05) is 31.2 Å². The SMILES string of the molecule is COC(=O)[C@@H]1C[C@@H](C)CN1C(=O)[C@H](C)NC(=O)OCC1c2ccccc2-c2ccccc21. The van der Waals surface area contributed by atoms with Crippen LogP contribution >= 0.6 is 0 Å². The summed E-state index contributed by atoms with van der Waals surface area (Å²) in [6, 6.07) is 14.8. The molecule has 0 saturated carbocycles. The Morgan fingerprint density at radius 3 is 2.25 bits per heavy atom. The molecule has 1 fully saturated rings. The van der Waals surface area contributed by atoms with Crippen LogP contribution in [0.5, 0.6) is 0 Å². The number of likely N-dealkylation sites (tertiary alicyclic amines) is 1. The van der Waals surface area contributed by atoms with Crippen molar-refractivity contribution in [1.29, 1.82) is 0 Å². The van der Waals surface area contributed by atoms with Gasteiger partial charge < -0.3 is 19.7 Å². The second-order valence-corrected chi connectivity index (χ2v) is 8.56. The molecule has 2 amide bonds. The van der Waals surface area contributed by atoms with Crippen LogP contribution in [0.4, 0.5) is 4.79 Å². The first-order valence-corrected chi connectivity index (χ1v) is 10.9. The van der Waals surface area contributed by atoms with Gasteiger partial charge >= 0.3 is 12.1 Å². The number of nitrogens with one attached hydrogen (secondary N) is 1. The van der Waals surface area contributed by atoms with Crippen LogP contribution in [0.15, 0.2) is 48.5 Å². The van der Waals surface area contributed by atoms with Gasteiger partial charge in [-0.1, -0.05) is 55.5 Å². The minimum atomic E-state index is -0.817. The molecule has 32 heavy (non-hydrogen) atoms. The summed E-state index contributed by atoms with van der Waals surface area (Å²) in [6.45, 7) is 4.20. The maximum atomic E-state index is 12.9. The number of esters is 1. The molecule has 7 nitrogen and oxygen atoms in total. The molecule has 0 bridgehead atoms. The number of nitrogens with zero attached hydrogens (tertiary/aromatic N) is 1. The Morgan fingerprint density at radius 2 is 1.66 bits per heavy atom. The van der Waals surface area contributed by atoms with Gasteiger partial charge in [0.2, 0.25) is 5.91 Å². The Morgan fingerprint density at radius 1 is 1.06 bits per heavy atom. The van der Waals surface area contributed by atoms with Crippen LogP contribution in [0.2, 0.25) is 0 Å². The number of rotatable bonds is 5. The highest BCUT2D eigenvalue weighted by atomic mass is 16.5. The van der Waals surface area contributed by atoms with E-state index in [2.05, 4.69) is 29.6 Å². The number of carbonyl (C=O) groups excluding carboxylic acids is 3. The number of methoxy groups -OCH3 is 1. The molecule has 0 radical (unpaired) electrons. The maximum absolute atomic E-state index is 12.9. The molecular weight excluding hydrogens is 408 g/mol. The number of carbonyl (C=O) groups is 3. The third kappa shape index (κ3) is 4.07. The molecule has 4 rings (SSSR count). The van der Waals surface area contributed by atoms with Gasteiger partial charge in [-0.15, -0.1) is 0 Å². The predicted molar refractivity (Wildman–Crippen MR) is 119 cm³/mol. The van der Waals surface area contributed by atoms with Gasteiger partial charge in [-0.2, -0.15) is 0 Å². The molecular formula is C25H28N2O5. The lowest BCUT2D eigenvalue weighted by molar-refractivity contribution is -0.151. The minimum Gasteiger partial charge on any atom is -0.467 e. The first kappa shape index (κ1) is 21.9. The second-order valence-electron chi connectivity index (χ2n) is 8.56. The number of fused-ring (bicyclic) bond motifs is 3. The molecule has 0 spiro atoms. The summed E-state index contributed by atoms with van der Waals surface area (Å²) in [7, 11) is 1.31. The molecule has 0 unspecified atom stereocenters. The Bertz CT molecular complexity index is 991. The average molecular weight is 437 g/mol. The summed E-state index contributed by atoms with van der Waals surface area (Å²) >= 11 is 0. The fraction of sp³-hybridized carbons (Fsp3) is 0.400. The molecule has 2 aromatic rings. The van der Waals surface area contributed by atoms with Crippen LogP contribution in [-0.4, -0.2) is 55.2 Å². The van der Waals surface area contributed by atoms with Crippen molar-refractivity contribution in [3.63, 3.8) is 0 Å². The van der Waals surface area contributed by atoms with Gasteiger partial charge in [0.25, 0.3) is 0 Å². The van der Waals surface area contributed by atoms with Crippen molar-refractivity contribution in [1.82, 2.24) is 10.2 Å². The zero-order valence-corrected chi connectivity index (χ0v) is 18.5. The highest BCUT2D eigenvalue weighted by Crippen LogP contribution is 2.44. The van der Waals surface area contributed by atoms with Gasteiger partial charge in [0.1, 0.15) is 18.7 Å². The first-order chi connectivity index (χ1) is 15.4. The summed E-state index contributed by atoms with van der Waals surface area (Å²) in [4.78, 5) is 38.9. The van der Waals surface area contributed by atoms with E-state index in [0.717, 1.165) is 22.3 Å². The van der Waals surface area contributed by atoms with Crippen LogP contribution in [-0.2, 0) is 19.1 Å². The van der Waals surface area contributed by atoms with E-state index in [0.29, 0.717) is 13.0 Å². The van der Waals surface area contributed by atoms with Crippen molar-refractivity contribution < 1.29 is 23.9 Å². The highest BCUT2D eigenvalue weighted by Gasteiger charge is 2.40. The number of benzene rings is 2. The lowest BCUT2D eigenvalue weighted by atomic mass is 9.98. The predicted octanol–water partition coefficient (Wildman–Crippen LogP) is 3.32. The average Bonchev–Trinajstić information content (AvgIpc) is 3.34. The van der Waals surface area contributed by atoms with Gasteiger partial charge in [0.05, 0.1) is 7.11 Å². The largest absolute Gasteiger partial charge is 0.467 e. The standard InChI is InChI=1S/C25H28N2O5/c1-15-12-22(24(29)31-3)27(13-15)23(28)16(2)26-25(30)32-14-21-19-10-6-4-8-17(19)18-9-5-7-11-20(18)21/h4-11,15-16,21-22H,12-14H2,1-3H3,(H,26,30)/t15-,16+,22+/m1/s1. The molecule has 7 heteroatoms. The summed E-state index contributed by atoms with van der Waals surface area (Å²) < 4.78 is 10.4. The van der Waals surface area contributed by atoms with Gasteiger partial charge in [-0.25, -0.2) is 9.59 Å². The Labute approximate surface area is 187 Å². The highest BCUT2D eigenvalue weighted by molar-refractivity contribution is 5.90. The van der Waals surface area contributed by atoms with E-state index in [1.165, 1.54) is 12.0 Å². The summed E-state index contributed by atoms with van der Waals surface area (Å²) in [5, 5.41) is 2.62. The Balaban J connectivity index is 1.38. The van der Waals surface area contributed by atoms with Crippen molar-refractivity contribution in [2.75, 3.05) is 20.3 Å². The zero-order valence-electron chi connectivity index (χ0n) is 18.5. The quantitative estimate of drug-likeness (QED) is 0.727. The van der Waals surface area contributed by atoms with Gasteiger partial charge in [0.15, 0.2) is 0 Å². The molecule has 2 aliphatic rings. The van der Waals surface area contributed by atoms with E-state index < -0.39 is 24.1 Å². The minimum absolute atomic E-state index is 0.0534. The van der Waals surface area contributed by atoms with Gasteiger partial charge in [0, 0.05) is 12.5 Å². The monoisotopic (exact) mass is 436 g/mol. The molecule has 1 heterocycles. The second kappa shape index (κ2) is 9.02. The molecule has 1 aliphatic heterocycles. The van der Waals surface area contributed by atoms with E-state index >= 15 is 0 Å². The van der Waals surface area contributed by atoms with Crippen LogP contribution in [0, 0.1) is 5.92 Å². The van der Waals surface area contributed by atoms with Crippen molar-refractivity contribution in [2.24, 2.45) is 5.92 Å². The summed E-state index contributed by atoms with van der Waals surface area (Å²) in [5.41, 5.74) is 4.55. The lowest BCUT2D eigenvalue weighted by Crippen LogP contribution is -2.50. The lowest BCUT2D eigenvalue weighted by Gasteiger charge is -2.26. The Hall–Kier alpha value is -3.35. The third-order valence-corrected chi connectivity index (χ3v) is 6.32. The fourth-order valence-corrected chi connectivity index (χ4v) is 4.78. The van der Waals surface area contributed by atoms with Gasteiger partial charge in [-0.05, 0) is 41.5 Å². The molecule has 1 N–H and O–H groups in total. The van der Waals surface area contributed by atoms with Crippen molar-refractivity contribution in [2.45, 2.75) is 38.3 Å². The van der Waals surface area contributed by atoms with E-state index in [4.69, 9.17) is 9.47 Å². The van der Waals surface area contributed by atoms with Crippen molar-refractivity contribution in [3.8, 4) is 11.1 Å². The molecule has 2 aromatic carbocycles. The Kier molecular flexibility index (Phi) is 6.17. The smallest absolute Gasteiger partial charge is 0.407 e. The fourth-order valence-electron chi connectivity index (χ4n) is 4.78.